The van der Waals surface area contributed by atoms with Crippen LogP contribution < -0.4 is 5.73 Å². The Balaban J connectivity index is 1.89. The summed E-state index contributed by atoms with van der Waals surface area (Å²) < 4.78 is 5.18. The Morgan fingerprint density at radius 3 is 3.00 bits per heavy atom. The van der Waals surface area contributed by atoms with Crippen molar-refractivity contribution in [3.05, 3.63) is 11.7 Å². The van der Waals surface area contributed by atoms with Crippen molar-refractivity contribution < 1.29 is 4.52 Å². The van der Waals surface area contributed by atoms with Gasteiger partial charge in [0.05, 0.1) is 6.54 Å². The SMILES string of the molecule is CCCc1nc(CN2CCC(C)(CN)C2)no1. The molecule has 1 atom stereocenters. The minimum absolute atomic E-state index is 0.260. The summed E-state index contributed by atoms with van der Waals surface area (Å²) in [6.45, 7) is 7.98. The molecule has 0 spiro atoms. The van der Waals surface area contributed by atoms with Gasteiger partial charge in [0.1, 0.15) is 0 Å². The largest absolute Gasteiger partial charge is 0.339 e. The maximum absolute atomic E-state index is 5.79. The zero-order valence-corrected chi connectivity index (χ0v) is 10.8. The number of nitrogens with zero attached hydrogens (tertiary/aromatic N) is 3. The van der Waals surface area contributed by atoms with E-state index in [4.69, 9.17) is 10.3 Å². The molecule has 5 heteroatoms. The normalized spacial score (nSPS) is 25.6. The molecule has 17 heavy (non-hydrogen) atoms. The summed E-state index contributed by atoms with van der Waals surface area (Å²) in [5.41, 5.74) is 6.05. The number of nitrogens with two attached hydrogens (primary N) is 1. The molecule has 0 aromatic carbocycles. The van der Waals surface area contributed by atoms with Gasteiger partial charge in [0.2, 0.25) is 5.89 Å². The molecule has 96 valence electrons. The molecule has 2 rings (SSSR count). The van der Waals surface area contributed by atoms with Crippen molar-refractivity contribution in [2.45, 2.75) is 39.7 Å². The summed E-state index contributed by atoms with van der Waals surface area (Å²) in [5, 5.41) is 4.01. The second-order valence-electron chi connectivity index (χ2n) is 5.33. The maximum Gasteiger partial charge on any atom is 0.226 e. The molecule has 1 saturated heterocycles. The van der Waals surface area contributed by atoms with Crippen molar-refractivity contribution in [3.8, 4) is 0 Å². The van der Waals surface area contributed by atoms with Crippen molar-refractivity contribution in [1.29, 1.82) is 0 Å². The van der Waals surface area contributed by atoms with Gasteiger partial charge in [-0.05, 0) is 31.3 Å². The third-order valence-corrected chi connectivity index (χ3v) is 3.47. The lowest BCUT2D eigenvalue weighted by molar-refractivity contribution is 0.264. The summed E-state index contributed by atoms with van der Waals surface area (Å²) in [6.07, 6.45) is 3.06. The molecule has 2 heterocycles. The van der Waals surface area contributed by atoms with Crippen LogP contribution in [0, 0.1) is 5.41 Å². The van der Waals surface area contributed by atoms with Gasteiger partial charge in [-0.25, -0.2) is 0 Å². The highest BCUT2D eigenvalue weighted by Crippen LogP contribution is 2.29. The molecule has 1 aliphatic rings. The van der Waals surface area contributed by atoms with Crippen LogP contribution in [0.25, 0.3) is 0 Å². The summed E-state index contributed by atoms with van der Waals surface area (Å²) >= 11 is 0. The number of likely N-dealkylation sites (tertiary alicyclic amines) is 1. The van der Waals surface area contributed by atoms with Crippen LogP contribution >= 0.6 is 0 Å². The number of rotatable bonds is 5. The summed E-state index contributed by atoms with van der Waals surface area (Å²) in [4.78, 5) is 6.74. The molecule has 1 fully saturated rings. The first-order valence-electron chi connectivity index (χ1n) is 6.39. The molecule has 0 saturated carbocycles. The lowest BCUT2D eigenvalue weighted by Crippen LogP contribution is -2.31. The van der Waals surface area contributed by atoms with Crippen LogP contribution in [0.3, 0.4) is 0 Å². The first-order valence-corrected chi connectivity index (χ1v) is 6.39. The van der Waals surface area contributed by atoms with Crippen molar-refractivity contribution in [3.63, 3.8) is 0 Å². The van der Waals surface area contributed by atoms with Gasteiger partial charge in [-0.2, -0.15) is 4.98 Å². The maximum atomic E-state index is 5.79. The molecule has 1 unspecified atom stereocenters. The molecule has 1 aliphatic heterocycles. The second-order valence-corrected chi connectivity index (χ2v) is 5.33. The van der Waals surface area contributed by atoms with E-state index >= 15 is 0 Å². The molecule has 1 aromatic heterocycles. The monoisotopic (exact) mass is 238 g/mol. The Kier molecular flexibility index (Phi) is 3.79. The van der Waals surface area contributed by atoms with E-state index in [1.165, 1.54) is 0 Å². The summed E-state index contributed by atoms with van der Waals surface area (Å²) in [5.74, 6) is 1.55. The van der Waals surface area contributed by atoms with Crippen molar-refractivity contribution in [1.82, 2.24) is 15.0 Å². The van der Waals surface area contributed by atoms with Gasteiger partial charge in [0, 0.05) is 13.0 Å². The topological polar surface area (TPSA) is 68.2 Å². The molecular formula is C12H22N4O. The summed E-state index contributed by atoms with van der Waals surface area (Å²) in [7, 11) is 0. The first kappa shape index (κ1) is 12.5. The fourth-order valence-corrected chi connectivity index (χ4v) is 2.30. The molecule has 5 nitrogen and oxygen atoms in total. The smallest absolute Gasteiger partial charge is 0.226 e. The third-order valence-electron chi connectivity index (χ3n) is 3.47. The lowest BCUT2D eigenvalue weighted by Gasteiger charge is -2.21. The van der Waals surface area contributed by atoms with Crippen molar-refractivity contribution in [2.75, 3.05) is 19.6 Å². The molecule has 0 aliphatic carbocycles. The minimum atomic E-state index is 0.260. The van der Waals surface area contributed by atoms with Gasteiger partial charge >= 0.3 is 0 Å². The number of hydrogen-bond acceptors (Lipinski definition) is 5. The zero-order valence-electron chi connectivity index (χ0n) is 10.8. The van der Waals surface area contributed by atoms with Crippen LogP contribution in [0.2, 0.25) is 0 Å². The van der Waals surface area contributed by atoms with Gasteiger partial charge in [0.25, 0.3) is 0 Å². The fourth-order valence-electron chi connectivity index (χ4n) is 2.30. The van der Waals surface area contributed by atoms with Crippen LogP contribution in [-0.2, 0) is 13.0 Å². The van der Waals surface area contributed by atoms with Gasteiger partial charge in [0.15, 0.2) is 5.82 Å². The van der Waals surface area contributed by atoms with E-state index in [0.717, 1.165) is 57.2 Å². The molecule has 0 bridgehead atoms. The van der Waals surface area contributed by atoms with E-state index < -0.39 is 0 Å². The molecule has 0 amide bonds. The van der Waals surface area contributed by atoms with E-state index in [2.05, 4.69) is 28.9 Å². The highest BCUT2D eigenvalue weighted by atomic mass is 16.5. The number of aromatic nitrogens is 2. The predicted molar refractivity (Wildman–Crippen MR) is 65.3 cm³/mol. The lowest BCUT2D eigenvalue weighted by atomic mass is 9.90. The Labute approximate surface area is 102 Å². The van der Waals surface area contributed by atoms with E-state index in [-0.39, 0.29) is 5.41 Å². The predicted octanol–water partition coefficient (Wildman–Crippen LogP) is 1.19. The summed E-state index contributed by atoms with van der Waals surface area (Å²) in [6, 6.07) is 0. The first-order chi connectivity index (χ1) is 8.15. The molecule has 2 N–H and O–H groups in total. The van der Waals surface area contributed by atoms with Crippen LogP contribution in [0.1, 0.15) is 38.4 Å². The van der Waals surface area contributed by atoms with Crippen molar-refractivity contribution >= 4 is 0 Å². The fraction of sp³-hybridized carbons (Fsp3) is 0.833. The van der Waals surface area contributed by atoms with Crippen LogP contribution in [0.4, 0.5) is 0 Å². The van der Waals surface area contributed by atoms with Gasteiger partial charge in [-0.3, -0.25) is 4.90 Å². The van der Waals surface area contributed by atoms with E-state index in [9.17, 15) is 0 Å². The van der Waals surface area contributed by atoms with Crippen LogP contribution in [0.15, 0.2) is 4.52 Å². The van der Waals surface area contributed by atoms with Crippen molar-refractivity contribution in [2.24, 2.45) is 11.1 Å². The van der Waals surface area contributed by atoms with Crippen LogP contribution in [0.5, 0.6) is 0 Å². The number of hydrogen-bond donors (Lipinski definition) is 1. The Morgan fingerprint density at radius 1 is 1.53 bits per heavy atom. The molecule has 0 radical (unpaired) electrons. The Morgan fingerprint density at radius 2 is 2.35 bits per heavy atom. The highest BCUT2D eigenvalue weighted by Gasteiger charge is 2.32. The standard InChI is InChI=1S/C12H22N4O/c1-3-4-11-14-10(15-17-11)7-16-6-5-12(2,8-13)9-16/h3-9,13H2,1-2H3. The third kappa shape index (κ3) is 3.04. The highest BCUT2D eigenvalue weighted by molar-refractivity contribution is 4.92. The van der Waals surface area contributed by atoms with E-state index in [1.54, 1.807) is 0 Å². The molecular weight excluding hydrogens is 216 g/mol. The Bertz CT molecular complexity index is 365. The van der Waals surface area contributed by atoms with E-state index in [0.29, 0.717) is 0 Å². The Hall–Kier alpha value is -0.940. The number of aryl methyl sites for hydroxylation is 1. The quantitative estimate of drug-likeness (QED) is 0.834. The van der Waals surface area contributed by atoms with Crippen LogP contribution in [-0.4, -0.2) is 34.7 Å². The van der Waals surface area contributed by atoms with Gasteiger partial charge < -0.3 is 10.3 Å². The van der Waals surface area contributed by atoms with Gasteiger partial charge in [-0.1, -0.05) is 19.0 Å². The van der Waals surface area contributed by atoms with E-state index in [1.807, 2.05) is 0 Å². The molecule has 1 aromatic rings. The zero-order chi connectivity index (χ0) is 12.3. The van der Waals surface area contributed by atoms with Gasteiger partial charge in [-0.15, -0.1) is 0 Å². The average Bonchev–Trinajstić information content (AvgIpc) is 2.89. The average molecular weight is 238 g/mol. The second kappa shape index (κ2) is 5.14. The minimum Gasteiger partial charge on any atom is -0.339 e.